The van der Waals surface area contributed by atoms with Gasteiger partial charge in [-0.2, -0.15) is 0 Å². The van der Waals surface area contributed by atoms with Crippen LogP contribution in [0.4, 0.5) is 11.4 Å². The Bertz CT molecular complexity index is 1050. The van der Waals surface area contributed by atoms with Crippen LogP contribution < -0.4 is 13.8 Å². The molecule has 152 valence electrons. The van der Waals surface area contributed by atoms with Crippen LogP contribution in [0.1, 0.15) is 25.3 Å². The minimum atomic E-state index is -3.72. The quantitative estimate of drug-likeness (QED) is 0.738. The molecule has 0 amide bonds. The van der Waals surface area contributed by atoms with E-state index in [-0.39, 0.29) is 10.6 Å². The summed E-state index contributed by atoms with van der Waals surface area (Å²) in [6.45, 7) is 2.18. The van der Waals surface area contributed by atoms with E-state index in [4.69, 9.17) is 4.74 Å². The Hall–Kier alpha value is -2.26. The van der Waals surface area contributed by atoms with Gasteiger partial charge in [-0.3, -0.25) is 9.03 Å². The molecule has 3 rings (SSSR count). The molecule has 0 spiro atoms. The number of rotatable bonds is 7. The second-order valence-electron chi connectivity index (χ2n) is 6.62. The van der Waals surface area contributed by atoms with Crippen molar-refractivity contribution in [1.29, 1.82) is 0 Å². The van der Waals surface area contributed by atoms with Crippen molar-refractivity contribution in [1.82, 2.24) is 0 Å². The van der Waals surface area contributed by atoms with Crippen LogP contribution in [0.15, 0.2) is 47.4 Å². The third kappa shape index (κ3) is 4.25. The third-order valence-electron chi connectivity index (χ3n) is 4.55. The van der Waals surface area contributed by atoms with Crippen LogP contribution in [0.5, 0.6) is 5.75 Å². The van der Waals surface area contributed by atoms with Gasteiger partial charge >= 0.3 is 0 Å². The molecule has 1 heterocycles. The van der Waals surface area contributed by atoms with Crippen LogP contribution in [0, 0.1) is 0 Å². The summed E-state index contributed by atoms with van der Waals surface area (Å²) in [5, 5.41) is 0. The first kappa shape index (κ1) is 20.5. The third-order valence-corrected chi connectivity index (χ3v) is 7.87. The Morgan fingerprint density at radius 1 is 1.07 bits per heavy atom. The highest BCUT2D eigenvalue weighted by molar-refractivity contribution is 7.93. The summed E-state index contributed by atoms with van der Waals surface area (Å²) in [7, 11) is -5.59. The number of benzene rings is 2. The van der Waals surface area contributed by atoms with Gasteiger partial charge in [0.15, 0.2) is 0 Å². The van der Waals surface area contributed by atoms with E-state index < -0.39 is 20.0 Å². The summed E-state index contributed by atoms with van der Waals surface area (Å²) >= 11 is 0. The maximum atomic E-state index is 13.1. The second kappa shape index (κ2) is 8.00. The Labute approximate surface area is 166 Å². The molecule has 2 aromatic carbocycles. The number of sulfonamides is 2. The Morgan fingerprint density at radius 2 is 1.79 bits per heavy atom. The number of hydrogen-bond donors (Lipinski definition) is 1. The summed E-state index contributed by atoms with van der Waals surface area (Å²) in [5.41, 5.74) is 1.84. The molecule has 1 aliphatic rings. The predicted molar refractivity (Wildman–Crippen MR) is 110 cm³/mol. The maximum absolute atomic E-state index is 13.1. The van der Waals surface area contributed by atoms with Crippen molar-refractivity contribution in [2.24, 2.45) is 0 Å². The molecule has 0 bridgehead atoms. The molecule has 9 heteroatoms. The highest BCUT2D eigenvalue weighted by atomic mass is 32.2. The number of nitrogens with one attached hydrogen (secondary N) is 1. The van der Waals surface area contributed by atoms with Gasteiger partial charge in [0.25, 0.3) is 10.0 Å². The summed E-state index contributed by atoms with van der Waals surface area (Å²) in [5.74, 6) is 0.629. The Kier molecular flexibility index (Phi) is 5.85. The molecule has 0 saturated carbocycles. The van der Waals surface area contributed by atoms with Gasteiger partial charge < -0.3 is 4.74 Å². The molecule has 0 unspecified atom stereocenters. The van der Waals surface area contributed by atoms with E-state index in [0.717, 1.165) is 5.56 Å². The smallest absolute Gasteiger partial charge is 0.264 e. The van der Waals surface area contributed by atoms with E-state index in [1.165, 1.54) is 23.5 Å². The fourth-order valence-electron chi connectivity index (χ4n) is 3.25. The van der Waals surface area contributed by atoms with Gasteiger partial charge in [-0.15, -0.1) is 0 Å². The van der Waals surface area contributed by atoms with Gasteiger partial charge in [-0.05, 0) is 67.3 Å². The summed E-state index contributed by atoms with van der Waals surface area (Å²) in [6, 6.07) is 11.3. The van der Waals surface area contributed by atoms with E-state index >= 15 is 0 Å². The summed E-state index contributed by atoms with van der Waals surface area (Å²) in [6.07, 6.45) is 1.87. The number of fused-ring (bicyclic) bond motifs is 1. The first-order chi connectivity index (χ1) is 13.3. The van der Waals surface area contributed by atoms with Crippen molar-refractivity contribution in [3.05, 3.63) is 48.0 Å². The van der Waals surface area contributed by atoms with Crippen LogP contribution in [0.3, 0.4) is 0 Å². The van der Waals surface area contributed by atoms with E-state index in [2.05, 4.69) is 4.72 Å². The molecule has 0 radical (unpaired) electrons. The molecule has 0 aliphatic carbocycles. The summed E-state index contributed by atoms with van der Waals surface area (Å²) < 4.78 is 59.3. The van der Waals surface area contributed by atoms with Crippen LogP contribution in [-0.2, 0) is 26.5 Å². The molecule has 28 heavy (non-hydrogen) atoms. The lowest BCUT2D eigenvalue weighted by molar-refractivity contribution is 0.414. The highest BCUT2D eigenvalue weighted by Gasteiger charge is 2.29. The fraction of sp³-hybridized carbons (Fsp3) is 0.368. The topological polar surface area (TPSA) is 92.8 Å². The van der Waals surface area contributed by atoms with Crippen molar-refractivity contribution < 1.29 is 21.6 Å². The molecular weight excluding hydrogens is 400 g/mol. The first-order valence-corrected chi connectivity index (χ1v) is 12.2. The van der Waals surface area contributed by atoms with Gasteiger partial charge in [0.2, 0.25) is 10.0 Å². The average Bonchev–Trinajstić information content (AvgIpc) is 2.67. The number of nitrogens with zero attached hydrogens (tertiary/aromatic N) is 1. The molecule has 0 saturated heterocycles. The summed E-state index contributed by atoms with van der Waals surface area (Å²) in [4.78, 5) is 0.189. The Morgan fingerprint density at radius 3 is 2.43 bits per heavy atom. The van der Waals surface area contributed by atoms with Crippen molar-refractivity contribution in [3.8, 4) is 5.75 Å². The lowest BCUT2D eigenvalue weighted by Gasteiger charge is -2.31. The fourth-order valence-corrected chi connectivity index (χ4v) is 5.92. The first-order valence-electron chi connectivity index (χ1n) is 9.07. The van der Waals surface area contributed by atoms with E-state index in [1.54, 1.807) is 37.3 Å². The number of aryl methyl sites for hydroxylation is 1. The predicted octanol–water partition coefficient (Wildman–Crippen LogP) is 2.99. The Balaban J connectivity index is 1.92. The molecular formula is C19H24N2O5S2. The minimum Gasteiger partial charge on any atom is -0.497 e. The lowest BCUT2D eigenvalue weighted by atomic mass is 10.0. The molecule has 0 atom stereocenters. The van der Waals surface area contributed by atoms with Gasteiger partial charge in [0.1, 0.15) is 5.75 Å². The molecule has 1 N–H and O–H groups in total. The van der Waals surface area contributed by atoms with Crippen LogP contribution in [0.25, 0.3) is 0 Å². The van der Waals surface area contributed by atoms with Crippen LogP contribution in [0.2, 0.25) is 0 Å². The number of anilines is 2. The van der Waals surface area contributed by atoms with Gasteiger partial charge in [-0.1, -0.05) is 6.92 Å². The minimum absolute atomic E-state index is 0.0437. The van der Waals surface area contributed by atoms with Gasteiger partial charge in [-0.25, -0.2) is 16.8 Å². The van der Waals surface area contributed by atoms with Crippen LogP contribution >= 0.6 is 0 Å². The van der Waals surface area contributed by atoms with Crippen molar-refractivity contribution in [3.63, 3.8) is 0 Å². The highest BCUT2D eigenvalue weighted by Crippen LogP contribution is 2.34. The van der Waals surface area contributed by atoms with E-state index in [0.29, 0.717) is 42.9 Å². The maximum Gasteiger partial charge on any atom is 0.264 e. The van der Waals surface area contributed by atoms with E-state index in [1.807, 2.05) is 0 Å². The number of methoxy groups -OCH3 is 1. The molecule has 7 nitrogen and oxygen atoms in total. The van der Waals surface area contributed by atoms with Crippen molar-refractivity contribution >= 4 is 31.4 Å². The van der Waals surface area contributed by atoms with Crippen molar-refractivity contribution in [2.75, 3.05) is 28.4 Å². The molecule has 2 aromatic rings. The largest absolute Gasteiger partial charge is 0.497 e. The van der Waals surface area contributed by atoms with Gasteiger partial charge in [0, 0.05) is 12.2 Å². The lowest BCUT2D eigenvalue weighted by Crippen LogP contribution is -2.35. The molecule has 0 fully saturated rings. The molecule has 0 aromatic heterocycles. The van der Waals surface area contributed by atoms with E-state index in [9.17, 15) is 16.8 Å². The SMILES string of the molecule is CCCS(=O)(=O)Nc1ccc2c(c1)CCCN2S(=O)(=O)c1ccc(OC)cc1. The second-order valence-corrected chi connectivity index (χ2v) is 10.3. The monoisotopic (exact) mass is 424 g/mol. The average molecular weight is 425 g/mol. The zero-order valence-corrected chi connectivity index (χ0v) is 17.5. The normalized spacial score (nSPS) is 14.4. The zero-order valence-electron chi connectivity index (χ0n) is 15.9. The van der Waals surface area contributed by atoms with Gasteiger partial charge in [0.05, 0.1) is 23.4 Å². The zero-order chi connectivity index (χ0) is 20.4. The molecule has 1 aliphatic heterocycles. The standard InChI is InChI=1S/C19H24N2O5S2/c1-3-13-27(22,23)20-16-6-11-19-15(14-16)5-4-12-21(19)28(24,25)18-9-7-17(26-2)8-10-18/h6-11,14,20H,3-5,12-13H2,1-2H3. The number of ether oxygens (including phenoxy) is 1. The van der Waals surface area contributed by atoms with Crippen molar-refractivity contribution in [2.45, 2.75) is 31.1 Å². The number of hydrogen-bond acceptors (Lipinski definition) is 5. The van der Waals surface area contributed by atoms with Crippen LogP contribution in [-0.4, -0.2) is 36.2 Å².